The summed E-state index contributed by atoms with van der Waals surface area (Å²) >= 11 is 1.65. The second kappa shape index (κ2) is 9.48. The van der Waals surface area contributed by atoms with E-state index < -0.39 is 0 Å². The number of aromatic nitrogens is 4. The van der Waals surface area contributed by atoms with E-state index in [1.807, 2.05) is 36.6 Å². The zero-order valence-electron chi connectivity index (χ0n) is 17.0. The first-order chi connectivity index (χ1) is 15.1. The number of carbonyl (C=O) groups excluding carboxylic acids is 2. The molecule has 0 spiro atoms. The van der Waals surface area contributed by atoms with Crippen molar-refractivity contribution in [1.29, 1.82) is 0 Å². The van der Waals surface area contributed by atoms with Gasteiger partial charge in [-0.25, -0.2) is 9.67 Å². The summed E-state index contributed by atoms with van der Waals surface area (Å²) in [5.74, 6) is -0.370. The lowest BCUT2D eigenvalue weighted by Gasteiger charge is -2.09. The van der Waals surface area contributed by atoms with Crippen LogP contribution in [-0.2, 0) is 17.9 Å². The number of hydrogen-bond acceptors (Lipinski definition) is 6. The van der Waals surface area contributed by atoms with Crippen molar-refractivity contribution in [3.05, 3.63) is 76.0 Å². The minimum absolute atomic E-state index is 0.128. The van der Waals surface area contributed by atoms with Crippen LogP contribution in [0.15, 0.2) is 54.3 Å². The van der Waals surface area contributed by atoms with Crippen LogP contribution < -0.4 is 10.6 Å². The van der Waals surface area contributed by atoms with E-state index in [1.165, 1.54) is 0 Å². The van der Waals surface area contributed by atoms with E-state index in [4.69, 9.17) is 0 Å². The Labute approximate surface area is 183 Å². The van der Waals surface area contributed by atoms with Gasteiger partial charge in [0.05, 0.1) is 23.7 Å². The van der Waals surface area contributed by atoms with E-state index in [9.17, 15) is 9.59 Å². The van der Waals surface area contributed by atoms with Gasteiger partial charge < -0.3 is 10.6 Å². The van der Waals surface area contributed by atoms with E-state index in [0.717, 1.165) is 16.1 Å². The Morgan fingerprint density at radius 2 is 2.00 bits per heavy atom. The predicted molar refractivity (Wildman–Crippen MR) is 119 cm³/mol. The van der Waals surface area contributed by atoms with E-state index >= 15 is 0 Å². The molecule has 4 rings (SSSR count). The molecule has 0 aliphatic heterocycles. The highest BCUT2D eigenvalue weighted by Gasteiger charge is 2.16. The Bertz CT molecular complexity index is 1190. The SMILES string of the molecule is Cc1cc(C(=O)NCCC(=O)NCc2ccncc2)c2cnn(Cc3cccs3)c2n1. The third-order valence-electron chi connectivity index (χ3n) is 4.74. The van der Waals surface area contributed by atoms with Crippen LogP contribution in [0.2, 0.25) is 0 Å². The standard InChI is InChI=1S/C22H22N6O2S/c1-15-11-18(19-13-26-28(21(19)27-15)14-17-3-2-10-31-17)22(30)24-9-6-20(29)25-12-16-4-7-23-8-5-16/h2-5,7-8,10-11,13H,6,9,12,14H2,1H3,(H,24,30)(H,25,29). The van der Waals surface area contributed by atoms with Gasteiger partial charge in [0.25, 0.3) is 5.91 Å². The summed E-state index contributed by atoms with van der Waals surface area (Å²) in [4.78, 5) is 34.5. The summed E-state index contributed by atoms with van der Waals surface area (Å²) in [5, 5.41) is 12.8. The molecule has 158 valence electrons. The molecular formula is C22H22N6O2S. The van der Waals surface area contributed by atoms with Crippen LogP contribution in [-0.4, -0.2) is 38.1 Å². The van der Waals surface area contributed by atoms with Crippen LogP contribution in [0, 0.1) is 6.92 Å². The van der Waals surface area contributed by atoms with E-state index in [0.29, 0.717) is 29.7 Å². The first-order valence-electron chi connectivity index (χ1n) is 9.89. The van der Waals surface area contributed by atoms with Gasteiger partial charge in [-0.15, -0.1) is 11.3 Å². The molecule has 0 atom stereocenters. The quantitative estimate of drug-likeness (QED) is 0.444. The highest BCUT2D eigenvalue weighted by molar-refractivity contribution is 7.09. The molecule has 0 aromatic carbocycles. The number of aryl methyl sites for hydroxylation is 1. The van der Waals surface area contributed by atoms with Crippen molar-refractivity contribution in [2.75, 3.05) is 6.54 Å². The number of pyridine rings is 2. The van der Waals surface area contributed by atoms with E-state index in [1.54, 1.807) is 40.7 Å². The molecule has 0 saturated carbocycles. The zero-order valence-corrected chi connectivity index (χ0v) is 17.9. The smallest absolute Gasteiger partial charge is 0.252 e. The summed E-state index contributed by atoms with van der Waals surface area (Å²) < 4.78 is 1.80. The van der Waals surface area contributed by atoms with Crippen LogP contribution in [0.1, 0.15) is 32.9 Å². The highest BCUT2D eigenvalue weighted by Crippen LogP contribution is 2.20. The van der Waals surface area contributed by atoms with Crippen molar-refractivity contribution < 1.29 is 9.59 Å². The average molecular weight is 435 g/mol. The fourth-order valence-electron chi connectivity index (χ4n) is 3.20. The zero-order chi connectivity index (χ0) is 21.6. The molecule has 0 unspecified atom stereocenters. The maximum absolute atomic E-state index is 12.8. The number of fused-ring (bicyclic) bond motifs is 1. The number of nitrogens with one attached hydrogen (secondary N) is 2. The highest BCUT2D eigenvalue weighted by atomic mass is 32.1. The fourth-order valence-corrected chi connectivity index (χ4v) is 3.89. The lowest BCUT2D eigenvalue weighted by atomic mass is 10.1. The predicted octanol–water partition coefficient (Wildman–Crippen LogP) is 2.68. The summed E-state index contributed by atoms with van der Waals surface area (Å²) in [6, 6.07) is 9.48. The number of nitrogens with zero attached hydrogens (tertiary/aromatic N) is 4. The molecule has 8 nitrogen and oxygen atoms in total. The van der Waals surface area contributed by atoms with E-state index in [-0.39, 0.29) is 24.8 Å². The molecule has 4 aromatic heterocycles. The first kappa shape index (κ1) is 20.7. The molecule has 0 radical (unpaired) electrons. The molecular weight excluding hydrogens is 412 g/mol. The van der Waals surface area contributed by atoms with Crippen LogP contribution in [0.4, 0.5) is 0 Å². The average Bonchev–Trinajstić information content (AvgIpc) is 3.43. The minimum Gasteiger partial charge on any atom is -0.352 e. The van der Waals surface area contributed by atoms with E-state index in [2.05, 4.69) is 25.7 Å². The second-order valence-electron chi connectivity index (χ2n) is 7.07. The normalized spacial score (nSPS) is 10.9. The van der Waals surface area contributed by atoms with Gasteiger partial charge in [0.2, 0.25) is 5.91 Å². The number of carbonyl (C=O) groups is 2. The third kappa shape index (κ3) is 5.13. The largest absolute Gasteiger partial charge is 0.352 e. The lowest BCUT2D eigenvalue weighted by molar-refractivity contribution is -0.121. The first-order valence-corrected chi connectivity index (χ1v) is 10.8. The number of amides is 2. The van der Waals surface area contributed by atoms with Gasteiger partial charge >= 0.3 is 0 Å². The van der Waals surface area contributed by atoms with Gasteiger partial charge in [0, 0.05) is 42.5 Å². The molecule has 0 fully saturated rings. The molecule has 2 N–H and O–H groups in total. The second-order valence-corrected chi connectivity index (χ2v) is 8.10. The Morgan fingerprint density at radius 3 is 2.77 bits per heavy atom. The van der Waals surface area contributed by atoms with Gasteiger partial charge in [-0.1, -0.05) is 6.07 Å². The Morgan fingerprint density at radius 1 is 1.16 bits per heavy atom. The summed E-state index contributed by atoms with van der Waals surface area (Å²) in [5.41, 5.74) is 2.90. The summed E-state index contributed by atoms with van der Waals surface area (Å²) in [6.07, 6.45) is 5.23. The van der Waals surface area contributed by atoms with Crippen molar-refractivity contribution in [3.8, 4) is 0 Å². The number of hydrogen-bond donors (Lipinski definition) is 2. The van der Waals surface area contributed by atoms with Crippen molar-refractivity contribution in [2.24, 2.45) is 0 Å². The summed E-state index contributed by atoms with van der Waals surface area (Å²) in [6.45, 7) is 3.14. The van der Waals surface area contributed by atoms with Gasteiger partial charge in [0.1, 0.15) is 0 Å². The van der Waals surface area contributed by atoms with Crippen molar-refractivity contribution in [1.82, 2.24) is 30.4 Å². The molecule has 4 aromatic rings. The lowest BCUT2D eigenvalue weighted by Crippen LogP contribution is -2.30. The van der Waals surface area contributed by atoms with Crippen LogP contribution in [0.3, 0.4) is 0 Å². The van der Waals surface area contributed by atoms with Crippen LogP contribution in [0.5, 0.6) is 0 Å². The molecule has 2 amide bonds. The van der Waals surface area contributed by atoms with Gasteiger partial charge in [-0.05, 0) is 42.1 Å². The number of thiophene rings is 1. The minimum atomic E-state index is -0.242. The topological polar surface area (TPSA) is 102 Å². The van der Waals surface area contributed by atoms with Gasteiger partial charge in [-0.2, -0.15) is 5.10 Å². The Hall–Kier alpha value is -3.59. The molecule has 4 heterocycles. The van der Waals surface area contributed by atoms with Crippen LogP contribution >= 0.6 is 11.3 Å². The van der Waals surface area contributed by atoms with Crippen LogP contribution in [0.25, 0.3) is 11.0 Å². The molecule has 0 aliphatic rings. The van der Waals surface area contributed by atoms with Gasteiger partial charge in [-0.3, -0.25) is 14.6 Å². The summed E-state index contributed by atoms with van der Waals surface area (Å²) in [7, 11) is 0. The third-order valence-corrected chi connectivity index (χ3v) is 5.61. The molecule has 9 heteroatoms. The molecule has 0 saturated heterocycles. The maximum Gasteiger partial charge on any atom is 0.252 e. The van der Waals surface area contributed by atoms with Crippen molar-refractivity contribution in [2.45, 2.75) is 26.4 Å². The monoisotopic (exact) mass is 434 g/mol. The van der Waals surface area contributed by atoms with Crippen molar-refractivity contribution >= 4 is 34.2 Å². The Kier molecular flexibility index (Phi) is 6.32. The maximum atomic E-state index is 12.8. The van der Waals surface area contributed by atoms with Gasteiger partial charge in [0.15, 0.2) is 5.65 Å². The number of rotatable bonds is 8. The molecule has 0 bridgehead atoms. The molecule has 0 aliphatic carbocycles. The molecule has 31 heavy (non-hydrogen) atoms. The fraction of sp³-hybridized carbons (Fsp3) is 0.227. The van der Waals surface area contributed by atoms with Crippen molar-refractivity contribution in [3.63, 3.8) is 0 Å². The Balaban J connectivity index is 1.37.